The van der Waals surface area contributed by atoms with Gasteiger partial charge in [0.1, 0.15) is 11.6 Å². The van der Waals surface area contributed by atoms with E-state index in [-0.39, 0.29) is 11.7 Å². The number of anilines is 1. The van der Waals surface area contributed by atoms with Gasteiger partial charge in [-0.2, -0.15) is 0 Å². The summed E-state index contributed by atoms with van der Waals surface area (Å²) in [5.74, 6) is -0.320. The maximum absolute atomic E-state index is 12.7. The molecule has 0 radical (unpaired) electrons. The molecule has 1 saturated heterocycles. The summed E-state index contributed by atoms with van der Waals surface area (Å²) < 4.78 is 5.39. The second-order valence-electron chi connectivity index (χ2n) is 7.41. The molecule has 6 heteroatoms. The van der Waals surface area contributed by atoms with Crippen LogP contribution in [0.5, 0.6) is 0 Å². The van der Waals surface area contributed by atoms with Crippen LogP contribution in [-0.4, -0.2) is 40.9 Å². The summed E-state index contributed by atoms with van der Waals surface area (Å²) in [6, 6.07) is 4.64. The number of nitrogens with one attached hydrogen (secondary N) is 1. The zero-order valence-corrected chi connectivity index (χ0v) is 15.5. The van der Waals surface area contributed by atoms with E-state index in [1.54, 1.807) is 39.0 Å². The van der Waals surface area contributed by atoms with Crippen molar-refractivity contribution in [2.45, 2.75) is 59.1 Å². The standard InChI is InChI=1S/C19H26N2O4/c1-12-8-9-14(13(2)22)11-15(12)20-17(23)16-7-6-10-21(16)18(24)25-19(3,4)5/h8-9,11,16H,6-7,10H2,1-5H3,(H,20,23). The van der Waals surface area contributed by atoms with Gasteiger partial charge in [-0.15, -0.1) is 0 Å². The Bertz CT molecular complexity index is 691. The molecule has 2 amide bonds. The number of Topliss-reactive ketones (excluding diaryl/α,β-unsaturated/α-hetero) is 1. The number of aryl methyl sites for hydroxylation is 1. The van der Waals surface area contributed by atoms with Gasteiger partial charge in [0, 0.05) is 17.8 Å². The maximum atomic E-state index is 12.7. The van der Waals surface area contributed by atoms with E-state index in [1.165, 1.54) is 11.8 Å². The number of likely N-dealkylation sites (tertiary alicyclic amines) is 1. The van der Waals surface area contributed by atoms with Crippen molar-refractivity contribution in [3.05, 3.63) is 29.3 Å². The van der Waals surface area contributed by atoms with Gasteiger partial charge in [-0.1, -0.05) is 12.1 Å². The summed E-state index contributed by atoms with van der Waals surface area (Å²) >= 11 is 0. The average Bonchev–Trinajstić information content (AvgIpc) is 2.97. The molecule has 1 aromatic carbocycles. The minimum atomic E-state index is -0.604. The number of ketones is 1. The molecule has 1 aliphatic heterocycles. The summed E-state index contributed by atoms with van der Waals surface area (Å²) in [6.07, 6.45) is 0.875. The molecule has 0 aromatic heterocycles. The Morgan fingerprint density at radius 2 is 1.92 bits per heavy atom. The third-order valence-electron chi connectivity index (χ3n) is 4.09. The third-order valence-corrected chi connectivity index (χ3v) is 4.09. The molecule has 1 atom stereocenters. The fraction of sp³-hybridized carbons (Fsp3) is 0.526. The van der Waals surface area contributed by atoms with Crippen molar-refractivity contribution in [3.63, 3.8) is 0 Å². The first kappa shape index (κ1) is 19.0. The highest BCUT2D eigenvalue weighted by atomic mass is 16.6. The number of hydrogen-bond donors (Lipinski definition) is 1. The molecule has 1 fully saturated rings. The van der Waals surface area contributed by atoms with Crippen LogP contribution < -0.4 is 5.32 Å². The van der Waals surface area contributed by atoms with Gasteiger partial charge in [0.25, 0.3) is 0 Å². The lowest BCUT2D eigenvalue weighted by Gasteiger charge is -2.28. The molecule has 1 heterocycles. The fourth-order valence-corrected chi connectivity index (χ4v) is 2.77. The summed E-state index contributed by atoms with van der Waals surface area (Å²) in [6.45, 7) is 9.24. The normalized spacial score (nSPS) is 17.3. The van der Waals surface area contributed by atoms with Crippen LogP contribution in [0, 0.1) is 6.92 Å². The number of rotatable bonds is 3. The number of amides is 2. The Balaban J connectivity index is 2.13. The van der Waals surface area contributed by atoms with Gasteiger partial charge >= 0.3 is 6.09 Å². The van der Waals surface area contributed by atoms with Gasteiger partial charge in [-0.3, -0.25) is 14.5 Å². The number of carbonyl (C=O) groups excluding carboxylic acids is 3. The van der Waals surface area contributed by atoms with Crippen LogP contribution in [0.25, 0.3) is 0 Å². The molecule has 0 bridgehead atoms. The van der Waals surface area contributed by atoms with Crippen molar-refractivity contribution >= 4 is 23.5 Å². The molecule has 0 aliphatic carbocycles. The summed E-state index contributed by atoms with van der Waals surface area (Å²) in [7, 11) is 0. The zero-order chi connectivity index (χ0) is 18.8. The maximum Gasteiger partial charge on any atom is 0.410 e. The van der Waals surface area contributed by atoms with E-state index in [4.69, 9.17) is 4.74 Å². The highest BCUT2D eigenvalue weighted by Gasteiger charge is 2.36. The van der Waals surface area contributed by atoms with Crippen LogP contribution >= 0.6 is 0 Å². The zero-order valence-electron chi connectivity index (χ0n) is 15.5. The Morgan fingerprint density at radius 3 is 2.52 bits per heavy atom. The predicted octanol–water partition coefficient (Wildman–Crippen LogP) is 3.54. The van der Waals surface area contributed by atoms with E-state index in [0.717, 1.165) is 12.0 Å². The van der Waals surface area contributed by atoms with E-state index in [1.807, 2.05) is 6.92 Å². The Kier molecular flexibility index (Phi) is 5.50. The molecule has 2 rings (SSSR count). The molecule has 1 aromatic rings. The Labute approximate surface area is 148 Å². The van der Waals surface area contributed by atoms with Gasteiger partial charge < -0.3 is 10.1 Å². The topological polar surface area (TPSA) is 75.7 Å². The van der Waals surface area contributed by atoms with Crippen LogP contribution in [0.2, 0.25) is 0 Å². The third kappa shape index (κ3) is 4.81. The van der Waals surface area contributed by atoms with E-state index < -0.39 is 17.7 Å². The molecule has 0 saturated carbocycles. The first-order valence-corrected chi connectivity index (χ1v) is 8.50. The minimum absolute atomic E-state index is 0.0632. The number of carbonyl (C=O) groups is 3. The number of hydrogen-bond acceptors (Lipinski definition) is 4. The number of benzene rings is 1. The number of nitrogens with zero attached hydrogens (tertiary/aromatic N) is 1. The lowest BCUT2D eigenvalue weighted by Crippen LogP contribution is -2.45. The average molecular weight is 346 g/mol. The van der Waals surface area contributed by atoms with E-state index >= 15 is 0 Å². The number of ether oxygens (including phenoxy) is 1. The van der Waals surface area contributed by atoms with Gasteiger partial charge in [0.15, 0.2) is 5.78 Å². The molecule has 1 N–H and O–H groups in total. The fourth-order valence-electron chi connectivity index (χ4n) is 2.77. The molecular formula is C19H26N2O4. The minimum Gasteiger partial charge on any atom is -0.444 e. The van der Waals surface area contributed by atoms with Gasteiger partial charge in [0.2, 0.25) is 5.91 Å². The highest BCUT2D eigenvalue weighted by Crippen LogP contribution is 2.24. The summed E-state index contributed by atoms with van der Waals surface area (Å²) in [5.41, 5.74) is 1.39. The lowest BCUT2D eigenvalue weighted by molar-refractivity contribution is -0.120. The van der Waals surface area contributed by atoms with Crippen molar-refractivity contribution in [3.8, 4) is 0 Å². The molecular weight excluding hydrogens is 320 g/mol. The Morgan fingerprint density at radius 1 is 1.24 bits per heavy atom. The quantitative estimate of drug-likeness (QED) is 0.850. The van der Waals surface area contributed by atoms with E-state index in [0.29, 0.717) is 24.2 Å². The molecule has 6 nitrogen and oxygen atoms in total. The molecule has 136 valence electrons. The smallest absolute Gasteiger partial charge is 0.410 e. The molecule has 25 heavy (non-hydrogen) atoms. The second-order valence-corrected chi connectivity index (χ2v) is 7.41. The second kappa shape index (κ2) is 7.25. The van der Waals surface area contributed by atoms with Gasteiger partial charge in [0.05, 0.1) is 0 Å². The largest absolute Gasteiger partial charge is 0.444 e. The van der Waals surface area contributed by atoms with Crippen LogP contribution in [-0.2, 0) is 9.53 Å². The van der Waals surface area contributed by atoms with E-state index in [2.05, 4.69) is 5.32 Å². The van der Waals surface area contributed by atoms with Gasteiger partial charge in [-0.25, -0.2) is 4.79 Å². The summed E-state index contributed by atoms with van der Waals surface area (Å²) in [4.78, 5) is 38.0. The van der Waals surface area contributed by atoms with Crippen molar-refractivity contribution in [1.82, 2.24) is 4.90 Å². The molecule has 1 aliphatic rings. The first-order valence-electron chi connectivity index (χ1n) is 8.50. The summed E-state index contributed by atoms with van der Waals surface area (Å²) in [5, 5.41) is 2.85. The van der Waals surface area contributed by atoms with Crippen LogP contribution in [0.3, 0.4) is 0 Å². The van der Waals surface area contributed by atoms with Crippen LogP contribution in [0.4, 0.5) is 10.5 Å². The molecule has 1 unspecified atom stereocenters. The van der Waals surface area contributed by atoms with Crippen molar-refractivity contribution < 1.29 is 19.1 Å². The lowest BCUT2D eigenvalue weighted by atomic mass is 10.1. The van der Waals surface area contributed by atoms with Gasteiger partial charge in [-0.05, 0) is 59.1 Å². The highest BCUT2D eigenvalue weighted by molar-refractivity contribution is 6.00. The molecule has 0 spiro atoms. The van der Waals surface area contributed by atoms with Crippen LogP contribution in [0.1, 0.15) is 56.5 Å². The van der Waals surface area contributed by atoms with Crippen molar-refractivity contribution in [2.24, 2.45) is 0 Å². The van der Waals surface area contributed by atoms with Crippen molar-refractivity contribution in [1.29, 1.82) is 0 Å². The first-order chi connectivity index (χ1) is 11.6. The Hall–Kier alpha value is -2.37. The van der Waals surface area contributed by atoms with Crippen molar-refractivity contribution in [2.75, 3.05) is 11.9 Å². The van der Waals surface area contributed by atoms with E-state index in [9.17, 15) is 14.4 Å². The van der Waals surface area contributed by atoms with Crippen LogP contribution in [0.15, 0.2) is 18.2 Å². The SMILES string of the molecule is CC(=O)c1ccc(C)c(NC(=O)C2CCCN2C(=O)OC(C)(C)C)c1. The predicted molar refractivity (Wildman–Crippen MR) is 95.8 cm³/mol. The monoisotopic (exact) mass is 346 g/mol.